The molecule has 154 valence electrons. The van der Waals surface area contributed by atoms with Gasteiger partial charge < -0.3 is 25.0 Å². The summed E-state index contributed by atoms with van der Waals surface area (Å²) in [7, 11) is -3.44. The van der Waals surface area contributed by atoms with Crippen LogP contribution in [0.25, 0.3) is 0 Å². The topological polar surface area (TPSA) is 152 Å². The van der Waals surface area contributed by atoms with Gasteiger partial charge in [-0.05, 0) is 6.42 Å². The van der Waals surface area contributed by atoms with Crippen LogP contribution in [0.1, 0.15) is 45.4 Å². The summed E-state index contributed by atoms with van der Waals surface area (Å²) in [6, 6.07) is -1.03. The lowest BCUT2D eigenvalue weighted by atomic mass is 9.96. The van der Waals surface area contributed by atoms with E-state index < -0.39 is 47.6 Å². The molecule has 1 heterocycles. The zero-order valence-corrected chi connectivity index (χ0v) is 15.9. The highest BCUT2D eigenvalue weighted by molar-refractivity contribution is 7.80. The quantitative estimate of drug-likeness (QED) is 0.272. The third-order valence-corrected chi connectivity index (χ3v) is 4.58. The first-order valence-electron chi connectivity index (χ1n) is 8.65. The van der Waals surface area contributed by atoms with E-state index in [1.54, 1.807) is 0 Å². The number of aliphatic hydroxyl groups excluding tert-OH is 2. The minimum absolute atomic E-state index is 0.273. The molecule has 10 nitrogen and oxygen atoms in total. The molecule has 1 fully saturated rings. The Balaban J connectivity index is 2.56. The van der Waals surface area contributed by atoms with Gasteiger partial charge in [0, 0.05) is 13.5 Å². The van der Waals surface area contributed by atoms with Crippen molar-refractivity contribution in [2.45, 2.75) is 76.1 Å². The van der Waals surface area contributed by atoms with Crippen molar-refractivity contribution in [3.63, 3.8) is 0 Å². The van der Waals surface area contributed by atoms with Crippen molar-refractivity contribution in [1.29, 1.82) is 0 Å². The van der Waals surface area contributed by atoms with Gasteiger partial charge >= 0.3 is 10.4 Å². The summed E-state index contributed by atoms with van der Waals surface area (Å²) < 4.78 is 44.4. The van der Waals surface area contributed by atoms with Crippen LogP contribution >= 0.6 is 0 Å². The zero-order chi connectivity index (χ0) is 19.7. The molecule has 0 spiro atoms. The molecule has 0 saturated carbocycles. The molecule has 1 aliphatic heterocycles. The Hall–Kier alpha value is -0.820. The third kappa shape index (κ3) is 7.82. The smallest absolute Gasteiger partial charge is 0.388 e. The number of hydrogen-bond donors (Lipinski definition) is 4. The van der Waals surface area contributed by atoms with Crippen LogP contribution in [0.15, 0.2) is 0 Å². The van der Waals surface area contributed by atoms with Crippen LogP contribution in [-0.2, 0) is 28.9 Å². The monoisotopic (exact) mass is 399 g/mol. The molecule has 0 aromatic heterocycles. The predicted molar refractivity (Wildman–Crippen MR) is 90.5 cm³/mol. The van der Waals surface area contributed by atoms with Gasteiger partial charge in [-0.3, -0.25) is 9.35 Å². The van der Waals surface area contributed by atoms with E-state index >= 15 is 0 Å². The average molecular weight is 399 g/mol. The highest BCUT2D eigenvalue weighted by atomic mass is 32.3. The molecule has 1 unspecified atom stereocenters. The molecule has 1 aliphatic rings. The summed E-state index contributed by atoms with van der Waals surface area (Å²) in [5.41, 5.74) is 0. The van der Waals surface area contributed by atoms with E-state index in [4.69, 9.17) is 14.0 Å². The molecular formula is C15H29NO9S. The first-order valence-corrected chi connectivity index (χ1v) is 10.0. The lowest BCUT2D eigenvalue weighted by Gasteiger charge is -2.42. The van der Waals surface area contributed by atoms with Gasteiger partial charge in [-0.1, -0.05) is 32.6 Å². The van der Waals surface area contributed by atoms with Crippen LogP contribution in [0.5, 0.6) is 0 Å². The SMILES string of the molecule is CCCCCCCC(=O)N[C@H]1C(OC)O[C@H](COS(=O)(=O)O)[C@@H](O)[C@@H]1O. The van der Waals surface area contributed by atoms with E-state index in [9.17, 15) is 23.4 Å². The molecule has 11 heteroatoms. The fourth-order valence-electron chi connectivity index (χ4n) is 2.72. The molecule has 0 radical (unpaired) electrons. The third-order valence-electron chi connectivity index (χ3n) is 4.15. The molecule has 0 aliphatic carbocycles. The van der Waals surface area contributed by atoms with E-state index in [0.717, 1.165) is 25.7 Å². The second-order valence-electron chi connectivity index (χ2n) is 6.23. The lowest BCUT2D eigenvalue weighted by Crippen LogP contribution is -2.64. The van der Waals surface area contributed by atoms with Crippen molar-refractivity contribution in [2.24, 2.45) is 0 Å². The summed E-state index contributed by atoms with van der Waals surface area (Å²) in [5.74, 6) is -0.309. The van der Waals surface area contributed by atoms with Crippen molar-refractivity contribution < 1.29 is 41.6 Å². The summed E-state index contributed by atoms with van der Waals surface area (Å²) in [6.07, 6.45) is -0.216. The van der Waals surface area contributed by atoms with Crippen LogP contribution < -0.4 is 5.32 Å². The molecule has 0 aromatic carbocycles. The molecule has 0 bridgehead atoms. The maximum Gasteiger partial charge on any atom is 0.397 e. The number of unbranched alkanes of at least 4 members (excludes halogenated alkanes) is 4. The number of carbonyl (C=O) groups is 1. The lowest BCUT2D eigenvalue weighted by molar-refractivity contribution is -0.261. The highest BCUT2D eigenvalue weighted by Gasteiger charge is 2.45. The average Bonchev–Trinajstić information content (AvgIpc) is 2.57. The minimum atomic E-state index is -4.72. The van der Waals surface area contributed by atoms with Gasteiger partial charge in [0.05, 0.1) is 6.61 Å². The van der Waals surface area contributed by atoms with Crippen molar-refractivity contribution in [1.82, 2.24) is 5.32 Å². The number of rotatable bonds is 11. The van der Waals surface area contributed by atoms with Gasteiger partial charge in [-0.25, -0.2) is 4.18 Å². The zero-order valence-electron chi connectivity index (χ0n) is 15.0. The molecule has 26 heavy (non-hydrogen) atoms. The Morgan fingerprint density at radius 2 is 1.81 bits per heavy atom. The number of carbonyl (C=O) groups excluding carboxylic acids is 1. The molecule has 0 aromatic rings. The van der Waals surface area contributed by atoms with Gasteiger partial charge in [-0.15, -0.1) is 0 Å². The fraction of sp³-hybridized carbons (Fsp3) is 0.933. The molecule has 1 amide bonds. The number of amides is 1. The molecule has 5 atom stereocenters. The molecular weight excluding hydrogens is 370 g/mol. The van der Waals surface area contributed by atoms with E-state index in [-0.39, 0.29) is 12.3 Å². The molecule has 4 N–H and O–H groups in total. The van der Waals surface area contributed by atoms with E-state index in [2.05, 4.69) is 16.4 Å². The first kappa shape index (κ1) is 23.2. The van der Waals surface area contributed by atoms with Gasteiger partial charge in [0.2, 0.25) is 5.91 Å². The first-order chi connectivity index (χ1) is 12.2. The minimum Gasteiger partial charge on any atom is -0.388 e. The summed E-state index contributed by atoms with van der Waals surface area (Å²) in [5, 5.41) is 22.9. The Morgan fingerprint density at radius 3 is 2.38 bits per heavy atom. The second-order valence-corrected chi connectivity index (χ2v) is 7.32. The summed E-state index contributed by atoms with van der Waals surface area (Å²) >= 11 is 0. The Bertz CT molecular complexity index is 525. The van der Waals surface area contributed by atoms with Crippen molar-refractivity contribution in [2.75, 3.05) is 13.7 Å². The number of aliphatic hydroxyl groups is 2. The van der Waals surface area contributed by atoms with E-state index in [1.807, 2.05) is 0 Å². The number of ether oxygens (including phenoxy) is 2. The van der Waals surface area contributed by atoms with Crippen LogP contribution in [0.3, 0.4) is 0 Å². The second kappa shape index (κ2) is 11.1. The van der Waals surface area contributed by atoms with Gasteiger partial charge in [0.25, 0.3) is 0 Å². The Kier molecular flexibility index (Phi) is 9.93. The largest absolute Gasteiger partial charge is 0.397 e. The highest BCUT2D eigenvalue weighted by Crippen LogP contribution is 2.22. The van der Waals surface area contributed by atoms with Crippen molar-refractivity contribution in [3.8, 4) is 0 Å². The van der Waals surface area contributed by atoms with Gasteiger partial charge in [-0.2, -0.15) is 8.42 Å². The van der Waals surface area contributed by atoms with Crippen molar-refractivity contribution in [3.05, 3.63) is 0 Å². The normalized spacial score (nSPS) is 29.5. The van der Waals surface area contributed by atoms with E-state index in [0.29, 0.717) is 6.42 Å². The fourth-order valence-corrected chi connectivity index (χ4v) is 3.03. The maximum absolute atomic E-state index is 12.0. The van der Waals surface area contributed by atoms with Crippen LogP contribution in [0.4, 0.5) is 0 Å². The Labute approximate surface area is 153 Å². The Morgan fingerprint density at radius 1 is 1.15 bits per heavy atom. The standard InChI is InChI=1S/C15H29NO9S/c1-3-4-5-6-7-8-11(17)16-12-14(19)13(18)10(25-15(12)23-2)9-24-26(20,21)22/h10,12-15,18-19H,3-9H2,1-2H3,(H,16,17)(H,20,21,22)/t10-,12-,13-,14-,15?/m1/s1. The van der Waals surface area contributed by atoms with Crippen LogP contribution in [-0.4, -0.2) is 73.5 Å². The molecule has 1 rings (SSSR count). The summed E-state index contributed by atoms with van der Waals surface area (Å²) in [6.45, 7) is 1.39. The number of methoxy groups -OCH3 is 1. The number of nitrogens with one attached hydrogen (secondary N) is 1. The van der Waals surface area contributed by atoms with Gasteiger partial charge in [0.1, 0.15) is 24.4 Å². The number of hydrogen-bond acceptors (Lipinski definition) is 8. The van der Waals surface area contributed by atoms with Crippen LogP contribution in [0, 0.1) is 0 Å². The summed E-state index contributed by atoms with van der Waals surface area (Å²) in [4.78, 5) is 12.0. The predicted octanol–water partition coefficient (Wildman–Crippen LogP) is -0.256. The maximum atomic E-state index is 12.0. The van der Waals surface area contributed by atoms with Crippen LogP contribution in [0.2, 0.25) is 0 Å². The van der Waals surface area contributed by atoms with Crippen molar-refractivity contribution >= 4 is 16.3 Å². The van der Waals surface area contributed by atoms with E-state index in [1.165, 1.54) is 7.11 Å². The van der Waals surface area contributed by atoms with Gasteiger partial charge in [0.15, 0.2) is 6.29 Å². The molecule has 1 saturated heterocycles.